The molecule has 0 bridgehead atoms. The maximum Gasteiger partial charge on any atom is 0.331 e. The number of allylic oxidation sites excluding steroid dienone is 1. The number of hydrogen-bond donors (Lipinski definition) is 4. The SMILES string of the molecule is CC(C)/C(=C/CC(C)C1CCC2C3C(O)C[C@@H]4CC(O)CC[C@]4(C)C3CC(O)[C@]12C)C(=O)O. The summed E-state index contributed by atoms with van der Waals surface area (Å²) >= 11 is 0. The van der Waals surface area contributed by atoms with Gasteiger partial charge in [-0.15, -0.1) is 0 Å². The van der Waals surface area contributed by atoms with Crippen molar-refractivity contribution in [2.75, 3.05) is 0 Å². The second-order valence-electron chi connectivity index (χ2n) is 12.9. The molecular formula is C28H46O5. The Kier molecular flexibility index (Phi) is 6.83. The van der Waals surface area contributed by atoms with Crippen LogP contribution in [0.3, 0.4) is 0 Å². The fourth-order valence-corrected chi connectivity index (χ4v) is 9.18. The molecule has 11 atom stereocenters. The molecule has 4 rings (SSSR count). The monoisotopic (exact) mass is 462 g/mol. The summed E-state index contributed by atoms with van der Waals surface area (Å²) < 4.78 is 0. The van der Waals surface area contributed by atoms with Gasteiger partial charge in [-0.1, -0.05) is 40.7 Å². The number of carbonyl (C=O) groups is 1. The summed E-state index contributed by atoms with van der Waals surface area (Å²) in [6, 6.07) is 0. The summed E-state index contributed by atoms with van der Waals surface area (Å²) in [4.78, 5) is 11.6. The Morgan fingerprint density at radius 2 is 1.70 bits per heavy atom. The van der Waals surface area contributed by atoms with E-state index in [0.717, 1.165) is 44.9 Å². The molecule has 0 spiro atoms. The predicted molar refractivity (Wildman–Crippen MR) is 128 cm³/mol. The molecule has 5 heteroatoms. The minimum absolute atomic E-state index is 0.0114. The quantitative estimate of drug-likeness (QED) is 0.446. The van der Waals surface area contributed by atoms with Crippen LogP contribution in [0.4, 0.5) is 0 Å². The predicted octanol–water partition coefficient (Wildman–Crippen LogP) is 4.64. The molecule has 0 radical (unpaired) electrons. The van der Waals surface area contributed by atoms with Gasteiger partial charge < -0.3 is 20.4 Å². The van der Waals surface area contributed by atoms with Gasteiger partial charge in [0.2, 0.25) is 0 Å². The molecule has 4 fully saturated rings. The van der Waals surface area contributed by atoms with Gasteiger partial charge in [0.1, 0.15) is 0 Å². The number of fused-ring (bicyclic) bond motifs is 5. The third-order valence-electron chi connectivity index (χ3n) is 11.1. The highest BCUT2D eigenvalue weighted by molar-refractivity contribution is 5.86. The highest BCUT2D eigenvalue weighted by Gasteiger charge is 2.65. The first kappa shape index (κ1) is 25.2. The van der Waals surface area contributed by atoms with Crippen molar-refractivity contribution >= 4 is 5.97 Å². The van der Waals surface area contributed by atoms with E-state index in [4.69, 9.17) is 0 Å². The number of carboxylic acid groups (broad SMARTS) is 1. The van der Waals surface area contributed by atoms with Crippen LogP contribution < -0.4 is 0 Å². The van der Waals surface area contributed by atoms with E-state index in [0.29, 0.717) is 35.7 Å². The van der Waals surface area contributed by atoms with Crippen LogP contribution in [0.2, 0.25) is 0 Å². The van der Waals surface area contributed by atoms with E-state index >= 15 is 0 Å². The largest absolute Gasteiger partial charge is 0.478 e. The first-order chi connectivity index (χ1) is 15.4. The Balaban J connectivity index is 1.58. The number of hydrogen-bond acceptors (Lipinski definition) is 4. The van der Waals surface area contributed by atoms with Crippen LogP contribution in [0.15, 0.2) is 11.6 Å². The maximum atomic E-state index is 11.7. The standard InChI is InChI=1S/C28H46O5/c1-15(2)19(26(32)33)7-6-16(3)20-8-9-21-25-22(14-24(31)28(20,21)5)27(4)11-10-18(29)12-17(27)13-23(25)30/h7,15-18,20-25,29-31H,6,8-14H2,1-5H3,(H,32,33)/b19-7-/t16?,17-,18?,20?,21?,22?,23?,24?,25?,27-,28+/m0/s1. The first-order valence-corrected chi connectivity index (χ1v) is 13.4. The van der Waals surface area contributed by atoms with Crippen LogP contribution >= 0.6 is 0 Å². The lowest BCUT2D eigenvalue weighted by Gasteiger charge is -2.63. The lowest BCUT2D eigenvalue weighted by atomic mass is 9.43. The molecule has 0 aromatic heterocycles. The van der Waals surface area contributed by atoms with Crippen molar-refractivity contribution in [2.24, 2.45) is 52.3 Å². The van der Waals surface area contributed by atoms with Crippen LogP contribution in [-0.2, 0) is 4.79 Å². The molecule has 4 saturated carbocycles. The zero-order chi connectivity index (χ0) is 24.3. The van der Waals surface area contributed by atoms with Crippen molar-refractivity contribution in [3.8, 4) is 0 Å². The Bertz CT molecular complexity index is 776. The molecule has 8 unspecified atom stereocenters. The Hall–Kier alpha value is -0.910. The van der Waals surface area contributed by atoms with Gasteiger partial charge in [0.15, 0.2) is 0 Å². The van der Waals surface area contributed by atoms with Crippen molar-refractivity contribution < 1.29 is 25.2 Å². The first-order valence-electron chi connectivity index (χ1n) is 13.4. The third kappa shape index (κ3) is 4.00. The number of rotatable bonds is 5. The number of carboxylic acids is 1. The lowest BCUT2D eigenvalue weighted by molar-refractivity contribution is -0.206. The molecule has 5 nitrogen and oxygen atoms in total. The van der Waals surface area contributed by atoms with Gasteiger partial charge in [-0.25, -0.2) is 4.79 Å². The molecule has 0 amide bonds. The van der Waals surface area contributed by atoms with E-state index < -0.39 is 12.1 Å². The highest BCUT2D eigenvalue weighted by Crippen LogP contribution is 2.68. The molecule has 4 aliphatic carbocycles. The molecule has 4 aliphatic rings. The van der Waals surface area contributed by atoms with Gasteiger partial charge >= 0.3 is 5.97 Å². The van der Waals surface area contributed by atoms with E-state index in [1.807, 2.05) is 19.9 Å². The zero-order valence-electron chi connectivity index (χ0n) is 21.2. The summed E-state index contributed by atoms with van der Waals surface area (Å²) in [7, 11) is 0. The van der Waals surface area contributed by atoms with Gasteiger partial charge in [0.25, 0.3) is 0 Å². The van der Waals surface area contributed by atoms with Crippen molar-refractivity contribution in [1.82, 2.24) is 0 Å². The Labute approximate surface area is 199 Å². The van der Waals surface area contributed by atoms with Crippen LogP contribution in [0, 0.1) is 52.3 Å². The fourth-order valence-electron chi connectivity index (χ4n) is 9.18. The van der Waals surface area contributed by atoms with E-state index in [-0.39, 0.29) is 40.8 Å². The zero-order valence-corrected chi connectivity index (χ0v) is 21.2. The van der Waals surface area contributed by atoms with Crippen molar-refractivity contribution in [1.29, 1.82) is 0 Å². The third-order valence-corrected chi connectivity index (χ3v) is 11.1. The average Bonchev–Trinajstić information content (AvgIpc) is 3.08. The average molecular weight is 463 g/mol. The molecule has 0 aliphatic heterocycles. The van der Waals surface area contributed by atoms with Crippen LogP contribution in [-0.4, -0.2) is 44.7 Å². The van der Waals surface area contributed by atoms with E-state index in [9.17, 15) is 25.2 Å². The summed E-state index contributed by atoms with van der Waals surface area (Å²) in [6.07, 6.45) is 7.79. The lowest BCUT2D eigenvalue weighted by Crippen LogP contribution is -2.62. The smallest absolute Gasteiger partial charge is 0.331 e. The molecular weight excluding hydrogens is 416 g/mol. The minimum Gasteiger partial charge on any atom is -0.478 e. The van der Waals surface area contributed by atoms with E-state index in [2.05, 4.69) is 20.8 Å². The van der Waals surface area contributed by atoms with E-state index in [1.54, 1.807) is 0 Å². The topological polar surface area (TPSA) is 98.0 Å². The normalized spacial score (nSPS) is 48.7. The molecule has 188 valence electrons. The highest BCUT2D eigenvalue weighted by atomic mass is 16.4. The molecule has 0 aromatic carbocycles. The summed E-state index contributed by atoms with van der Waals surface area (Å²) in [5.41, 5.74) is 0.325. The number of aliphatic hydroxyl groups is 3. The fraction of sp³-hybridized carbons (Fsp3) is 0.893. The van der Waals surface area contributed by atoms with Crippen LogP contribution in [0.25, 0.3) is 0 Å². The second-order valence-corrected chi connectivity index (χ2v) is 12.9. The molecule has 33 heavy (non-hydrogen) atoms. The van der Waals surface area contributed by atoms with Gasteiger partial charge in [0, 0.05) is 5.57 Å². The van der Waals surface area contributed by atoms with Gasteiger partial charge in [0.05, 0.1) is 18.3 Å². The van der Waals surface area contributed by atoms with Gasteiger partial charge in [-0.05, 0) is 104 Å². The Morgan fingerprint density at radius 1 is 1.00 bits per heavy atom. The molecule has 0 heterocycles. The summed E-state index contributed by atoms with van der Waals surface area (Å²) in [5, 5.41) is 42.8. The summed E-state index contributed by atoms with van der Waals surface area (Å²) in [5.74, 6) is 0.915. The maximum absolute atomic E-state index is 11.7. The van der Waals surface area contributed by atoms with Crippen molar-refractivity contribution in [3.63, 3.8) is 0 Å². The van der Waals surface area contributed by atoms with Crippen LogP contribution in [0.5, 0.6) is 0 Å². The van der Waals surface area contributed by atoms with Crippen molar-refractivity contribution in [2.45, 2.75) is 104 Å². The Morgan fingerprint density at radius 3 is 2.33 bits per heavy atom. The number of aliphatic carboxylic acids is 1. The molecule has 0 saturated heterocycles. The van der Waals surface area contributed by atoms with Crippen molar-refractivity contribution in [3.05, 3.63) is 11.6 Å². The van der Waals surface area contributed by atoms with Gasteiger partial charge in [-0.2, -0.15) is 0 Å². The molecule has 0 aromatic rings. The van der Waals surface area contributed by atoms with E-state index in [1.165, 1.54) is 0 Å². The summed E-state index contributed by atoms with van der Waals surface area (Å²) in [6.45, 7) is 10.7. The minimum atomic E-state index is -0.834. The van der Waals surface area contributed by atoms with Crippen LogP contribution in [0.1, 0.15) is 86.0 Å². The second kappa shape index (κ2) is 8.95. The molecule has 4 N–H and O–H groups in total. The number of aliphatic hydroxyl groups excluding tert-OH is 3. The van der Waals surface area contributed by atoms with Gasteiger partial charge in [-0.3, -0.25) is 0 Å².